The van der Waals surface area contributed by atoms with Crippen molar-refractivity contribution in [2.75, 3.05) is 51.3 Å². The lowest BCUT2D eigenvalue weighted by Gasteiger charge is -2.34. The van der Waals surface area contributed by atoms with E-state index in [-0.39, 0.29) is 12.1 Å². The second-order valence-electron chi connectivity index (χ2n) is 8.86. The van der Waals surface area contributed by atoms with Gasteiger partial charge in [-0.3, -0.25) is 4.79 Å². The first kappa shape index (κ1) is 24.9. The molecule has 3 aromatic rings. The number of carbonyl (C=O) groups is 1. The van der Waals surface area contributed by atoms with Crippen LogP contribution in [0.2, 0.25) is 0 Å². The summed E-state index contributed by atoms with van der Waals surface area (Å²) in [5.41, 5.74) is 2.92. The van der Waals surface area contributed by atoms with Crippen LogP contribution in [-0.2, 0) is 4.79 Å². The Morgan fingerprint density at radius 3 is 2.54 bits per heavy atom. The molecule has 8 heteroatoms. The van der Waals surface area contributed by atoms with Crippen LogP contribution in [0.1, 0.15) is 11.8 Å². The third-order valence-corrected chi connectivity index (χ3v) is 7.63. The Balaban J connectivity index is 1.54. The van der Waals surface area contributed by atoms with E-state index in [1.54, 1.807) is 6.92 Å². The van der Waals surface area contributed by atoms with E-state index < -0.39 is 18.6 Å². The van der Waals surface area contributed by atoms with Crippen LogP contribution in [-0.4, -0.2) is 73.5 Å². The summed E-state index contributed by atoms with van der Waals surface area (Å²) in [5.74, 6) is -0.561. The molecule has 1 atom stereocenters. The fourth-order valence-corrected chi connectivity index (χ4v) is 5.14. The molecule has 1 aliphatic heterocycles. The molecule has 1 aliphatic rings. The average Bonchev–Trinajstić information content (AvgIpc) is 3.38. The van der Waals surface area contributed by atoms with Crippen molar-refractivity contribution in [2.24, 2.45) is 0 Å². The number of fused-ring (bicyclic) bond motifs is 1. The van der Waals surface area contributed by atoms with Crippen molar-refractivity contribution >= 4 is 39.3 Å². The molecule has 1 fully saturated rings. The number of rotatable bonds is 7. The number of aliphatic hydroxyl groups is 2. The fourth-order valence-electron chi connectivity index (χ4n) is 4.13. The van der Waals surface area contributed by atoms with Gasteiger partial charge >= 0.3 is 0 Å². The maximum absolute atomic E-state index is 12.4. The number of carbonyl (C=O) groups excluding carboxylic acids is 1. The topological polar surface area (TPSA) is 99.8 Å². The molecule has 7 nitrogen and oxygen atoms in total. The maximum Gasteiger partial charge on any atom is 0.262 e. The molecular formula is C27H30N4O3S. The standard InChI is InChI=1S/C27H30N4O3S/c1-18(24(15-28)27(34)29-16-23(33)17-32)25-7-8-26(35-25)21-4-3-20-14-22(6-5-19(20)13-21)31-11-9-30(2)10-12-31/h3-8,13-14,23,32-33H,9-12,16-17H2,1-2H3,(H,29,34)/b24-18+. The summed E-state index contributed by atoms with van der Waals surface area (Å²) in [6, 6.07) is 18.9. The normalized spacial score (nSPS) is 16.0. The van der Waals surface area contributed by atoms with E-state index in [4.69, 9.17) is 5.11 Å². The minimum Gasteiger partial charge on any atom is -0.394 e. The van der Waals surface area contributed by atoms with Crippen LogP contribution < -0.4 is 10.2 Å². The quantitative estimate of drug-likeness (QED) is 0.348. The molecule has 2 aromatic carbocycles. The molecule has 35 heavy (non-hydrogen) atoms. The Morgan fingerprint density at radius 2 is 1.83 bits per heavy atom. The molecular weight excluding hydrogens is 460 g/mol. The van der Waals surface area contributed by atoms with Crippen molar-refractivity contribution < 1.29 is 15.0 Å². The molecule has 0 bridgehead atoms. The van der Waals surface area contributed by atoms with E-state index in [0.717, 1.165) is 41.5 Å². The number of likely N-dealkylation sites (N-methyl/N-ethyl adjacent to an activating group) is 1. The third kappa shape index (κ3) is 5.72. The summed E-state index contributed by atoms with van der Waals surface area (Å²) in [4.78, 5) is 19.1. The lowest BCUT2D eigenvalue weighted by Crippen LogP contribution is -2.44. The zero-order chi connectivity index (χ0) is 24.9. The van der Waals surface area contributed by atoms with E-state index in [1.807, 2.05) is 18.2 Å². The number of nitrogens with one attached hydrogen (secondary N) is 1. The van der Waals surface area contributed by atoms with E-state index >= 15 is 0 Å². The smallest absolute Gasteiger partial charge is 0.262 e. The predicted molar refractivity (Wildman–Crippen MR) is 141 cm³/mol. The molecule has 3 N–H and O–H groups in total. The summed E-state index contributed by atoms with van der Waals surface area (Å²) in [6.45, 7) is 5.40. The molecule has 0 spiro atoms. The highest BCUT2D eigenvalue weighted by atomic mass is 32.1. The van der Waals surface area contributed by atoms with Gasteiger partial charge in [0, 0.05) is 48.2 Å². The molecule has 0 radical (unpaired) electrons. The van der Waals surface area contributed by atoms with Gasteiger partial charge in [-0.2, -0.15) is 5.26 Å². The number of thiophene rings is 1. The predicted octanol–water partition coefficient (Wildman–Crippen LogP) is 3.09. The second-order valence-corrected chi connectivity index (χ2v) is 9.94. The Hall–Kier alpha value is -3.22. The van der Waals surface area contributed by atoms with Crippen molar-refractivity contribution in [1.82, 2.24) is 10.2 Å². The Labute approximate surface area is 209 Å². The summed E-state index contributed by atoms with van der Waals surface area (Å²) >= 11 is 1.53. The van der Waals surface area contributed by atoms with Crippen LogP contribution in [0.5, 0.6) is 0 Å². The van der Waals surface area contributed by atoms with Crippen molar-refractivity contribution in [3.8, 4) is 16.5 Å². The number of allylic oxidation sites excluding steroid dienone is 1. The van der Waals surface area contributed by atoms with E-state index in [2.05, 4.69) is 58.6 Å². The number of aliphatic hydroxyl groups excluding tert-OH is 2. The Kier molecular flexibility index (Phi) is 7.83. The lowest BCUT2D eigenvalue weighted by molar-refractivity contribution is -0.117. The molecule has 0 aliphatic carbocycles. The van der Waals surface area contributed by atoms with Crippen molar-refractivity contribution in [3.63, 3.8) is 0 Å². The summed E-state index contributed by atoms with van der Waals surface area (Å²) in [6.07, 6.45) is -1.06. The van der Waals surface area contributed by atoms with Gasteiger partial charge in [0.15, 0.2) is 0 Å². The highest BCUT2D eigenvalue weighted by Crippen LogP contribution is 2.35. The van der Waals surface area contributed by atoms with Crippen molar-refractivity contribution in [1.29, 1.82) is 5.26 Å². The molecule has 1 aromatic heterocycles. The molecule has 1 amide bonds. The summed E-state index contributed by atoms with van der Waals surface area (Å²) in [7, 11) is 2.16. The zero-order valence-electron chi connectivity index (χ0n) is 20.0. The summed E-state index contributed by atoms with van der Waals surface area (Å²) < 4.78 is 0. The zero-order valence-corrected chi connectivity index (χ0v) is 20.8. The van der Waals surface area contributed by atoms with Gasteiger partial charge in [-0.1, -0.05) is 18.2 Å². The van der Waals surface area contributed by atoms with Crippen LogP contribution in [0.4, 0.5) is 5.69 Å². The van der Waals surface area contributed by atoms with Crippen LogP contribution in [0.25, 0.3) is 26.8 Å². The number of anilines is 1. The van der Waals surface area contributed by atoms with Crippen molar-refractivity contribution in [2.45, 2.75) is 13.0 Å². The average molecular weight is 491 g/mol. The molecule has 1 unspecified atom stereocenters. The van der Waals surface area contributed by atoms with E-state index in [0.29, 0.717) is 5.57 Å². The van der Waals surface area contributed by atoms with Crippen LogP contribution in [0.3, 0.4) is 0 Å². The van der Waals surface area contributed by atoms with Crippen molar-refractivity contribution in [3.05, 3.63) is 59.0 Å². The third-order valence-electron chi connectivity index (χ3n) is 6.38. The minimum atomic E-state index is -1.06. The van der Waals surface area contributed by atoms with Gasteiger partial charge in [-0.15, -0.1) is 11.3 Å². The molecule has 4 rings (SSSR count). The number of benzene rings is 2. The number of amides is 1. The van der Waals surface area contributed by atoms with Crippen LogP contribution in [0, 0.1) is 11.3 Å². The maximum atomic E-state index is 12.4. The van der Waals surface area contributed by atoms with Gasteiger partial charge in [0.25, 0.3) is 5.91 Å². The molecule has 2 heterocycles. The molecule has 1 saturated heterocycles. The minimum absolute atomic E-state index is 0.00140. The number of hydrogen-bond acceptors (Lipinski definition) is 7. The van der Waals surface area contributed by atoms with Crippen LogP contribution >= 0.6 is 11.3 Å². The highest BCUT2D eigenvalue weighted by Gasteiger charge is 2.17. The first-order valence-corrected chi connectivity index (χ1v) is 12.5. The van der Waals surface area contributed by atoms with Crippen LogP contribution in [0.15, 0.2) is 54.1 Å². The van der Waals surface area contributed by atoms with Gasteiger partial charge in [0.1, 0.15) is 11.6 Å². The second kappa shape index (κ2) is 11.0. The highest BCUT2D eigenvalue weighted by molar-refractivity contribution is 7.16. The first-order chi connectivity index (χ1) is 16.9. The lowest BCUT2D eigenvalue weighted by atomic mass is 10.0. The van der Waals surface area contributed by atoms with Gasteiger partial charge in [-0.05, 0) is 66.2 Å². The number of nitriles is 1. The fraction of sp³-hybridized carbons (Fsp3) is 0.333. The Bertz CT molecular complexity index is 1290. The largest absolute Gasteiger partial charge is 0.394 e. The van der Waals surface area contributed by atoms with E-state index in [9.17, 15) is 15.2 Å². The Morgan fingerprint density at radius 1 is 1.11 bits per heavy atom. The van der Waals surface area contributed by atoms with Gasteiger partial charge in [-0.25, -0.2) is 0 Å². The van der Waals surface area contributed by atoms with Gasteiger partial charge in [0.05, 0.1) is 12.7 Å². The number of nitrogens with zero attached hydrogens (tertiary/aromatic N) is 3. The summed E-state index contributed by atoms with van der Waals surface area (Å²) in [5, 5.41) is 32.8. The monoisotopic (exact) mass is 490 g/mol. The van der Waals surface area contributed by atoms with Gasteiger partial charge < -0.3 is 25.3 Å². The number of piperazine rings is 1. The number of hydrogen-bond donors (Lipinski definition) is 3. The molecule has 182 valence electrons. The van der Waals surface area contributed by atoms with E-state index in [1.165, 1.54) is 27.8 Å². The first-order valence-electron chi connectivity index (χ1n) is 11.7. The SMILES string of the molecule is C/C(=C(/C#N)C(=O)NCC(O)CO)c1ccc(-c2ccc3cc(N4CCN(C)CC4)ccc3c2)s1. The molecule has 0 saturated carbocycles. The van der Waals surface area contributed by atoms with Gasteiger partial charge in [0.2, 0.25) is 0 Å².